The lowest BCUT2D eigenvalue weighted by Crippen LogP contribution is -2.53. The number of halogens is 1. The van der Waals surface area contributed by atoms with Crippen LogP contribution < -0.4 is 10.6 Å². The second-order valence-electron chi connectivity index (χ2n) is 10.3. The molecule has 1 aliphatic rings. The molecule has 206 valence electrons. The van der Waals surface area contributed by atoms with Gasteiger partial charge in [-0.3, -0.25) is 9.59 Å². The van der Waals surface area contributed by atoms with Gasteiger partial charge in [0, 0.05) is 11.6 Å². The Kier molecular flexibility index (Phi) is 9.95. The Balaban J connectivity index is 2.01. The topological polar surface area (TPSA) is 108 Å². The van der Waals surface area contributed by atoms with Crippen molar-refractivity contribution in [3.63, 3.8) is 0 Å². The summed E-state index contributed by atoms with van der Waals surface area (Å²) in [4.78, 5) is 42.2. The van der Waals surface area contributed by atoms with E-state index in [1.807, 2.05) is 19.2 Å². The quantitative estimate of drug-likeness (QED) is 0.345. The van der Waals surface area contributed by atoms with E-state index in [0.29, 0.717) is 35.7 Å². The standard InChI is InChI=1S/C28H36ClN3O5S/c1-17-9-8-11-20(29)23(17)31-25(34)24(19-10-6-7-12-22(19)33)32(18-13-14-18)26(35)21(15-16-38-5)30-27(36)37-28(2,3)4/h6-12,18,21,24,33H,13-16H2,1-5H3,(H,30,36)(H,31,34). The molecule has 3 rings (SSSR count). The lowest BCUT2D eigenvalue weighted by molar-refractivity contribution is -0.141. The van der Waals surface area contributed by atoms with Crippen molar-refractivity contribution in [3.05, 3.63) is 58.6 Å². The summed E-state index contributed by atoms with van der Waals surface area (Å²) >= 11 is 7.93. The molecule has 0 saturated heterocycles. The van der Waals surface area contributed by atoms with Gasteiger partial charge in [-0.1, -0.05) is 41.9 Å². The highest BCUT2D eigenvalue weighted by Crippen LogP contribution is 2.39. The van der Waals surface area contributed by atoms with E-state index >= 15 is 0 Å². The zero-order valence-electron chi connectivity index (χ0n) is 22.4. The van der Waals surface area contributed by atoms with Gasteiger partial charge < -0.3 is 25.4 Å². The van der Waals surface area contributed by atoms with Crippen LogP contribution in [0.15, 0.2) is 42.5 Å². The molecule has 0 aromatic heterocycles. The fraction of sp³-hybridized carbons (Fsp3) is 0.464. The lowest BCUT2D eigenvalue weighted by Gasteiger charge is -2.35. The molecule has 2 aromatic rings. The number of alkyl carbamates (subject to hydrolysis) is 1. The molecule has 0 aliphatic heterocycles. The summed E-state index contributed by atoms with van der Waals surface area (Å²) in [7, 11) is 0. The third-order valence-electron chi connectivity index (χ3n) is 6.02. The van der Waals surface area contributed by atoms with Gasteiger partial charge in [0.25, 0.3) is 5.91 Å². The van der Waals surface area contributed by atoms with Crippen molar-refractivity contribution in [2.45, 2.75) is 70.7 Å². The Morgan fingerprint density at radius 1 is 1.16 bits per heavy atom. The maximum atomic E-state index is 14.1. The molecule has 0 bridgehead atoms. The van der Waals surface area contributed by atoms with E-state index in [-0.39, 0.29) is 17.4 Å². The molecular weight excluding hydrogens is 526 g/mol. The molecule has 0 heterocycles. The lowest BCUT2D eigenvalue weighted by atomic mass is 10.0. The van der Waals surface area contributed by atoms with Crippen molar-refractivity contribution in [3.8, 4) is 5.75 Å². The largest absolute Gasteiger partial charge is 0.508 e. The molecule has 1 fully saturated rings. The highest BCUT2D eigenvalue weighted by Gasteiger charge is 2.45. The van der Waals surface area contributed by atoms with Crippen molar-refractivity contribution in [2.24, 2.45) is 0 Å². The van der Waals surface area contributed by atoms with Crippen LogP contribution in [-0.4, -0.2) is 57.6 Å². The van der Waals surface area contributed by atoms with Crippen molar-refractivity contribution in [1.82, 2.24) is 10.2 Å². The van der Waals surface area contributed by atoms with E-state index in [0.717, 1.165) is 5.56 Å². The zero-order valence-corrected chi connectivity index (χ0v) is 24.0. The van der Waals surface area contributed by atoms with Crippen LogP contribution in [0.5, 0.6) is 5.75 Å². The normalized spacial score (nSPS) is 14.8. The number of aromatic hydroxyl groups is 1. The molecule has 3 N–H and O–H groups in total. The second kappa shape index (κ2) is 12.8. The number of ether oxygens (including phenoxy) is 1. The van der Waals surface area contributed by atoms with Crippen LogP contribution >= 0.6 is 23.4 Å². The van der Waals surface area contributed by atoms with Crippen LogP contribution in [0.2, 0.25) is 5.02 Å². The second-order valence-corrected chi connectivity index (χ2v) is 11.7. The molecule has 0 spiro atoms. The van der Waals surface area contributed by atoms with Gasteiger partial charge in [0.15, 0.2) is 0 Å². The summed E-state index contributed by atoms with van der Waals surface area (Å²) in [5.74, 6) is -0.421. The van der Waals surface area contributed by atoms with E-state index in [1.165, 1.54) is 11.0 Å². The number of carbonyl (C=O) groups excluding carboxylic acids is 3. The number of anilines is 1. The number of nitrogens with one attached hydrogen (secondary N) is 2. The van der Waals surface area contributed by atoms with Crippen LogP contribution in [0.1, 0.15) is 57.2 Å². The van der Waals surface area contributed by atoms with Crippen LogP contribution in [0.25, 0.3) is 0 Å². The number of phenols is 1. The third kappa shape index (κ3) is 7.80. The number of benzene rings is 2. The Morgan fingerprint density at radius 2 is 1.84 bits per heavy atom. The average molecular weight is 562 g/mol. The van der Waals surface area contributed by atoms with Crippen molar-refractivity contribution < 1.29 is 24.2 Å². The summed E-state index contributed by atoms with van der Waals surface area (Å²) in [5.41, 5.74) is 0.748. The average Bonchev–Trinajstić information content (AvgIpc) is 3.66. The van der Waals surface area contributed by atoms with Gasteiger partial charge in [-0.15, -0.1) is 0 Å². The summed E-state index contributed by atoms with van der Waals surface area (Å²) in [6.07, 6.45) is 2.97. The Bertz CT molecular complexity index is 1150. The molecule has 1 saturated carbocycles. The molecule has 2 atom stereocenters. The van der Waals surface area contributed by atoms with Gasteiger partial charge in [-0.05, 0) is 76.7 Å². The predicted molar refractivity (Wildman–Crippen MR) is 152 cm³/mol. The summed E-state index contributed by atoms with van der Waals surface area (Å²) in [6, 6.07) is 9.46. The first-order chi connectivity index (χ1) is 17.9. The molecule has 2 aromatic carbocycles. The smallest absolute Gasteiger partial charge is 0.408 e. The predicted octanol–water partition coefficient (Wildman–Crippen LogP) is 5.67. The fourth-order valence-electron chi connectivity index (χ4n) is 4.11. The number of carbonyl (C=O) groups is 3. The Morgan fingerprint density at radius 3 is 2.42 bits per heavy atom. The minimum Gasteiger partial charge on any atom is -0.508 e. The fourth-order valence-corrected chi connectivity index (χ4v) is 4.85. The maximum Gasteiger partial charge on any atom is 0.408 e. The van der Waals surface area contributed by atoms with Crippen LogP contribution in [0, 0.1) is 6.92 Å². The number of hydrogen-bond acceptors (Lipinski definition) is 6. The van der Waals surface area contributed by atoms with Crippen LogP contribution in [-0.2, 0) is 14.3 Å². The monoisotopic (exact) mass is 561 g/mol. The summed E-state index contributed by atoms with van der Waals surface area (Å²) < 4.78 is 5.41. The number of phenolic OH excluding ortho intramolecular Hbond substituents is 1. The van der Waals surface area contributed by atoms with E-state index in [4.69, 9.17) is 16.3 Å². The number of rotatable bonds is 10. The summed E-state index contributed by atoms with van der Waals surface area (Å²) in [6.45, 7) is 7.06. The molecule has 2 unspecified atom stereocenters. The minimum atomic E-state index is -1.15. The van der Waals surface area contributed by atoms with Gasteiger partial charge in [0.05, 0.1) is 10.7 Å². The molecule has 38 heavy (non-hydrogen) atoms. The maximum absolute atomic E-state index is 14.1. The number of aryl methyl sites for hydroxylation is 1. The molecular formula is C28H36ClN3O5S. The van der Waals surface area contributed by atoms with Crippen molar-refractivity contribution >= 4 is 47.0 Å². The Labute approximate surface area is 233 Å². The third-order valence-corrected chi connectivity index (χ3v) is 6.98. The van der Waals surface area contributed by atoms with Crippen molar-refractivity contribution in [1.29, 1.82) is 0 Å². The molecule has 3 amide bonds. The Hall–Kier alpha value is -2.91. The van der Waals surface area contributed by atoms with Crippen LogP contribution in [0.3, 0.4) is 0 Å². The van der Waals surface area contributed by atoms with E-state index in [2.05, 4.69) is 10.6 Å². The van der Waals surface area contributed by atoms with Gasteiger partial charge in [-0.2, -0.15) is 11.8 Å². The van der Waals surface area contributed by atoms with Gasteiger partial charge >= 0.3 is 6.09 Å². The van der Waals surface area contributed by atoms with Gasteiger partial charge in [0.1, 0.15) is 23.4 Å². The summed E-state index contributed by atoms with van der Waals surface area (Å²) in [5, 5.41) is 16.7. The minimum absolute atomic E-state index is 0.109. The molecule has 8 nitrogen and oxygen atoms in total. The zero-order chi connectivity index (χ0) is 28.0. The van der Waals surface area contributed by atoms with Crippen LogP contribution in [0.4, 0.5) is 10.5 Å². The first kappa shape index (κ1) is 29.6. The van der Waals surface area contributed by atoms with E-state index in [1.54, 1.807) is 62.9 Å². The highest BCUT2D eigenvalue weighted by molar-refractivity contribution is 7.98. The first-order valence-corrected chi connectivity index (χ1v) is 14.3. The van der Waals surface area contributed by atoms with Gasteiger partial charge in [0.2, 0.25) is 5.91 Å². The number of thioether (sulfide) groups is 1. The van der Waals surface area contributed by atoms with Gasteiger partial charge in [-0.25, -0.2) is 4.79 Å². The number of hydrogen-bond donors (Lipinski definition) is 3. The first-order valence-electron chi connectivity index (χ1n) is 12.6. The molecule has 10 heteroatoms. The molecule has 0 radical (unpaired) electrons. The van der Waals surface area contributed by atoms with Crippen molar-refractivity contribution in [2.75, 3.05) is 17.3 Å². The highest BCUT2D eigenvalue weighted by atomic mass is 35.5. The van der Waals surface area contributed by atoms with E-state index in [9.17, 15) is 19.5 Å². The van der Waals surface area contributed by atoms with E-state index < -0.39 is 35.6 Å². The number of nitrogens with zero attached hydrogens (tertiary/aromatic N) is 1. The molecule has 1 aliphatic carbocycles. The number of para-hydroxylation sites is 2. The number of amides is 3. The SMILES string of the molecule is CSCCC(NC(=O)OC(C)(C)C)C(=O)N(C1CC1)C(C(=O)Nc1c(C)cccc1Cl)c1ccccc1O.